The van der Waals surface area contributed by atoms with Gasteiger partial charge in [-0.05, 0) is 29.0 Å². The molecular weight excluding hydrogens is 388 g/mol. The van der Waals surface area contributed by atoms with Crippen LogP contribution in [0.25, 0.3) is 10.8 Å². The second-order valence-electron chi connectivity index (χ2n) is 7.91. The first kappa shape index (κ1) is 21.3. The van der Waals surface area contributed by atoms with Gasteiger partial charge in [0.05, 0.1) is 13.2 Å². The SMILES string of the molecule is CC[C@@H](Oc1cccc2ccccc12)C(=O)NCc1ccc(CN2CCOCC2)cc1. The van der Waals surface area contributed by atoms with Crippen molar-refractivity contribution in [1.29, 1.82) is 0 Å². The Kier molecular flexibility index (Phi) is 7.18. The van der Waals surface area contributed by atoms with Crippen LogP contribution in [0.5, 0.6) is 5.75 Å². The molecule has 0 radical (unpaired) electrons. The van der Waals surface area contributed by atoms with Crippen molar-refractivity contribution in [2.24, 2.45) is 0 Å². The summed E-state index contributed by atoms with van der Waals surface area (Å²) in [6.07, 6.45) is 0.0829. The molecule has 1 fully saturated rings. The number of ether oxygens (including phenoxy) is 2. The maximum Gasteiger partial charge on any atom is 0.261 e. The molecule has 0 aliphatic carbocycles. The third-order valence-electron chi connectivity index (χ3n) is 5.68. The predicted octanol–water partition coefficient (Wildman–Crippen LogP) is 4.15. The molecule has 1 aliphatic rings. The zero-order chi connectivity index (χ0) is 21.5. The van der Waals surface area contributed by atoms with Crippen LogP contribution in [-0.2, 0) is 22.6 Å². The number of morpholine rings is 1. The summed E-state index contributed by atoms with van der Waals surface area (Å²) in [6, 6.07) is 22.4. The van der Waals surface area contributed by atoms with Crippen LogP contribution >= 0.6 is 0 Å². The first-order valence-corrected chi connectivity index (χ1v) is 11.0. The van der Waals surface area contributed by atoms with Crippen molar-refractivity contribution in [3.63, 3.8) is 0 Å². The molecule has 3 aromatic rings. The van der Waals surface area contributed by atoms with Crippen molar-refractivity contribution in [2.45, 2.75) is 32.5 Å². The standard InChI is InChI=1S/C26H30N2O3/c1-2-24(31-25-9-5-7-22-6-3-4-8-23(22)25)26(29)27-18-20-10-12-21(13-11-20)19-28-14-16-30-17-15-28/h3-13,24H,2,14-19H2,1H3,(H,27,29)/t24-/m1/s1. The van der Waals surface area contributed by atoms with E-state index >= 15 is 0 Å². The number of carbonyl (C=O) groups excluding carboxylic acids is 1. The normalized spacial score (nSPS) is 15.5. The molecule has 31 heavy (non-hydrogen) atoms. The van der Waals surface area contributed by atoms with Crippen molar-refractivity contribution in [3.05, 3.63) is 77.9 Å². The van der Waals surface area contributed by atoms with E-state index in [4.69, 9.17) is 9.47 Å². The fraction of sp³-hybridized carbons (Fsp3) is 0.346. The fourth-order valence-electron chi connectivity index (χ4n) is 3.86. The van der Waals surface area contributed by atoms with E-state index in [1.54, 1.807) is 0 Å². The molecule has 5 heteroatoms. The van der Waals surface area contributed by atoms with Crippen LogP contribution in [0.2, 0.25) is 0 Å². The molecule has 1 atom stereocenters. The minimum Gasteiger partial charge on any atom is -0.480 e. The molecule has 0 spiro atoms. The van der Waals surface area contributed by atoms with Crippen molar-refractivity contribution in [1.82, 2.24) is 10.2 Å². The lowest BCUT2D eigenvalue weighted by Gasteiger charge is -2.26. The third-order valence-corrected chi connectivity index (χ3v) is 5.68. The van der Waals surface area contributed by atoms with E-state index in [-0.39, 0.29) is 5.91 Å². The summed E-state index contributed by atoms with van der Waals surface area (Å²) in [5.41, 5.74) is 2.36. The minimum atomic E-state index is -0.522. The molecule has 4 rings (SSSR count). The zero-order valence-corrected chi connectivity index (χ0v) is 18.0. The Hall–Kier alpha value is -2.89. The maximum atomic E-state index is 12.8. The summed E-state index contributed by atoms with van der Waals surface area (Å²) in [7, 11) is 0. The Morgan fingerprint density at radius 2 is 1.71 bits per heavy atom. The third kappa shape index (κ3) is 5.63. The van der Waals surface area contributed by atoms with Crippen LogP contribution in [0, 0.1) is 0 Å². The number of rotatable bonds is 8. The van der Waals surface area contributed by atoms with Crippen molar-refractivity contribution >= 4 is 16.7 Å². The Labute approximate surface area is 184 Å². The molecule has 1 saturated heterocycles. The van der Waals surface area contributed by atoms with Gasteiger partial charge in [0.15, 0.2) is 6.10 Å². The molecule has 162 valence electrons. The van der Waals surface area contributed by atoms with Crippen LogP contribution in [0.15, 0.2) is 66.7 Å². The monoisotopic (exact) mass is 418 g/mol. The highest BCUT2D eigenvalue weighted by Crippen LogP contribution is 2.26. The Morgan fingerprint density at radius 3 is 2.48 bits per heavy atom. The smallest absolute Gasteiger partial charge is 0.261 e. The van der Waals surface area contributed by atoms with Gasteiger partial charge in [-0.25, -0.2) is 0 Å². The van der Waals surface area contributed by atoms with Crippen LogP contribution in [0.4, 0.5) is 0 Å². The average Bonchev–Trinajstić information content (AvgIpc) is 2.82. The highest BCUT2D eigenvalue weighted by molar-refractivity contribution is 5.89. The molecule has 3 aromatic carbocycles. The molecule has 1 heterocycles. The Bertz CT molecular complexity index is 992. The van der Waals surface area contributed by atoms with Crippen molar-refractivity contribution in [2.75, 3.05) is 26.3 Å². The Morgan fingerprint density at radius 1 is 1.00 bits per heavy atom. The number of carbonyl (C=O) groups is 1. The quantitative estimate of drug-likeness (QED) is 0.597. The van der Waals surface area contributed by atoms with Crippen LogP contribution in [0.3, 0.4) is 0 Å². The van der Waals surface area contributed by atoms with E-state index in [1.165, 1.54) is 5.56 Å². The molecule has 1 N–H and O–H groups in total. The second-order valence-corrected chi connectivity index (χ2v) is 7.91. The molecular formula is C26H30N2O3. The van der Waals surface area contributed by atoms with E-state index in [1.807, 2.05) is 49.4 Å². The van der Waals surface area contributed by atoms with Gasteiger partial charge in [0.1, 0.15) is 5.75 Å². The van der Waals surface area contributed by atoms with E-state index in [0.717, 1.165) is 54.9 Å². The number of benzene rings is 3. The summed E-state index contributed by atoms with van der Waals surface area (Å²) in [4.78, 5) is 15.2. The van der Waals surface area contributed by atoms with Gasteiger partial charge in [-0.15, -0.1) is 0 Å². The summed E-state index contributed by atoms with van der Waals surface area (Å²) in [5.74, 6) is 0.653. The van der Waals surface area contributed by atoms with E-state index in [0.29, 0.717) is 13.0 Å². The van der Waals surface area contributed by atoms with E-state index < -0.39 is 6.10 Å². The highest BCUT2D eigenvalue weighted by Gasteiger charge is 2.19. The van der Waals surface area contributed by atoms with Crippen LogP contribution in [0.1, 0.15) is 24.5 Å². The number of amides is 1. The van der Waals surface area contributed by atoms with Gasteiger partial charge >= 0.3 is 0 Å². The molecule has 0 aromatic heterocycles. The fourth-order valence-corrected chi connectivity index (χ4v) is 3.86. The first-order valence-electron chi connectivity index (χ1n) is 11.0. The van der Waals surface area contributed by atoms with Gasteiger partial charge in [0, 0.05) is 31.6 Å². The number of hydrogen-bond donors (Lipinski definition) is 1. The predicted molar refractivity (Wildman–Crippen MR) is 123 cm³/mol. The molecule has 5 nitrogen and oxygen atoms in total. The van der Waals surface area contributed by atoms with Gasteiger partial charge in [-0.1, -0.05) is 67.6 Å². The summed E-state index contributed by atoms with van der Waals surface area (Å²) in [6.45, 7) is 6.97. The lowest BCUT2D eigenvalue weighted by molar-refractivity contribution is -0.128. The van der Waals surface area contributed by atoms with Gasteiger partial charge in [-0.3, -0.25) is 9.69 Å². The number of hydrogen-bond acceptors (Lipinski definition) is 4. The number of nitrogens with zero attached hydrogens (tertiary/aromatic N) is 1. The minimum absolute atomic E-state index is 0.0900. The lowest BCUT2D eigenvalue weighted by atomic mass is 10.1. The molecule has 1 amide bonds. The van der Waals surface area contributed by atoms with E-state index in [2.05, 4.69) is 34.5 Å². The molecule has 0 saturated carbocycles. The maximum absolute atomic E-state index is 12.8. The largest absolute Gasteiger partial charge is 0.480 e. The topological polar surface area (TPSA) is 50.8 Å². The van der Waals surface area contributed by atoms with Gasteiger partial charge in [0.25, 0.3) is 5.91 Å². The van der Waals surface area contributed by atoms with Crippen molar-refractivity contribution in [3.8, 4) is 5.75 Å². The van der Waals surface area contributed by atoms with Gasteiger partial charge in [0.2, 0.25) is 0 Å². The van der Waals surface area contributed by atoms with Gasteiger partial charge in [-0.2, -0.15) is 0 Å². The van der Waals surface area contributed by atoms with Crippen LogP contribution < -0.4 is 10.1 Å². The average molecular weight is 419 g/mol. The number of nitrogens with one attached hydrogen (secondary N) is 1. The second kappa shape index (κ2) is 10.4. The Balaban J connectivity index is 1.32. The first-order chi connectivity index (χ1) is 15.2. The highest BCUT2D eigenvalue weighted by atomic mass is 16.5. The van der Waals surface area contributed by atoms with Crippen molar-refractivity contribution < 1.29 is 14.3 Å². The number of fused-ring (bicyclic) bond motifs is 1. The lowest BCUT2D eigenvalue weighted by Crippen LogP contribution is -2.37. The summed E-state index contributed by atoms with van der Waals surface area (Å²) in [5, 5.41) is 5.15. The van der Waals surface area contributed by atoms with Gasteiger partial charge < -0.3 is 14.8 Å². The molecule has 0 bridgehead atoms. The van der Waals surface area contributed by atoms with Crippen LogP contribution in [-0.4, -0.2) is 43.2 Å². The van der Waals surface area contributed by atoms with E-state index in [9.17, 15) is 4.79 Å². The molecule has 0 unspecified atom stereocenters. The molecule has 1 aliphatic heterocycles. The zero-order valence-electron chi connectivity index (χ0n) is 18.0. The summed E-state index contributed by atoms with van der Waals surface area (Å²) >= 11 is 0. The summed E-state index contributed by atoms with van der Waals surface area (Å²) < 4.78 is 11.5.